The van der Waals surface area contributed by atoms with Crippen molar-refractivity contribution in [2.45, 2.75) is 12.7 Å². The van der Waals surface area contributed by atoms with Crippen molar-refractivity contribution in [3.63, 3.8) is 0 Å². The summed E-state index contributed by atoms with van der Waals surface area (Å²) in [7, 11) is 1.38. The number of alkyl halides is 3. The third-order valence-electron chi connectivity index (χ3n) is 2.58. The average molecular weight is 321 g/mol. The molecule has 0 aromatic heterocycles. The summed E-state index contributed by atoms with van der Waals surface area (Å²) >= 11 is 0. The largest absolute Gasteiger partial charge is 0.492 e. The molecule has 0 amide bonds. The van der Waals surface area contributed by atoms with Crippen molar-refractivity contribution < 1.29 is 37.3 Å². The molecule has 0 saturated heterocycles. The van der Waals surface area contributed by atoms with Gasteiger partial charge in [-0.05, 0) is 18.2 Å². The van der Waals surface area contributed by atoms with E-state index in [1.54, 1.807) is 12.1 Å². The number of rotatable bonds is 1. The normalized spacial score (nSPS) is 13.6. The number of hydrogen-bond acceptors (Lipinski definition) is 5. The number of carbonyl (C=O) groups excluding carboxylic acids is 1. The van der Waals surface area contributed by atoms with Gasteiger partial charge in [0.2, 0.25) is 0 Å². The van der Waals surface area contributed by atoms with Crippen molar-refractivity contribution in [1.82, 2.24) is 5.32 Å². The van der Waals surface area contributed by atoms with E-state index >= 15 is 0 Å². The van der Waals surface area contributed by atoms with E-state index in [1.165, 1.54) is 7.11 Å². The number of nitrogens with one attached hydrogen (secondary N) is 1. The highest BCUT2D eigenvalue weighted by Gasteiger charge is 2.38. The Morgan fingerprint density at radius 3 is 2.55 bits per heavy atom. The van der Waals surface area contributed by atoms with Gasteiger partial charge in [0.15, 0.2) is 0 Å². The molecule has 1 aliphatic rings. The predicted molar refractivity (Wildman–Crippen MR) is 68.7 cm³/mol. The zero-order valence-corrected chi connectivity index (χ0v) is 11.6. The van der Waals surface area contributed by atoms with Gasteiger partial charge in [-0.2, -0.15) is 13.2 Å². The number of carbonyl (C=O) groups is 2. The van der Waals surface area contributed by atoms with E-state index in [0.29, 0.717) is 12.2 Å². The molecule has 2 N–H and O–H groups in total. The number of esters is 1. The molecule has 1 aliphatic heterocycles. The summed E-state index contributed by atoms with van der Waals surface area (Å²) in [4.78, 5) is 20.2. The van der Waals surface area contributed by atoms with E-state index in [2.05, 4.69) is 10.1 Å². The van der Waals surface area contributed by atoms with Crippen LogP contribution in [0.4, 0.5) is 13.2 Å². The van der Waals surface area contributed by atoms with Gasteiger partial charge in [-0.3, -0.25) is 0 Å². The summed E-state index contributed by atoms with van der Waals surface area (Å²) in [5.41, 5.74) is 1.55. The van der Waals surface area contributed by atoms with Crippen LogP contribution in [0.2, 0.25) is 0 Å². The summed E-state index contributed by atoms with van der Waals surface area (Å²) in [6.07, 6.45) is -5.08. The van der Waals surface area contributed by atoms with Crippen molar-refractivity contribution >= 4 is 11.9 Å². The third-order valence-corrected chi connectivity index (χ3v) is 2.58. The number of halogens is 3. The van der Waals surface area contributed by atoms with Crippen molar-refractivity contribution in [3.05, 3.63) is 29.3 Å². The fraction of sp³-hybridized carbons (Fsp3) is 0.385. The van der Waals surface area contributed by atoms with Gasteiger partial charge < -0.3 is 19.9 Å². The average Bonchev–Trinajstić information content (AvgIpc) is 2.70. The van der Waals surface area contributed by atoms with Gasteiger partial charge in [-0.15, -0.1) is 0 Å². The highest BCUT2D eigenvalue weighted by atomic mass is 19.4. The molecule has 22 heavy (non-hydrogen) atoms. The van der Waals surface area contributed by atoms with Crippen molar-refractivity contribution in [1.29, 1.82) is 0 Å². The van der Waals surface area contributed by atoms with Crippen molar-refractivity contribution in [3.8, 4) is 5.75 Å². The number of ether oxygens (including phenoxy) is 2. The van der Waals surface area contributed by atoms with Crippen LogP contribution in [-0.4, -0.2) is 43.5 Å². The number of aliphatic carboxylic acids is 1. The minimum Gasteiger partial charge on any atom is -0.492 e. The Morgan fingerprint density at radius 2 is 2.00 bits per heavy atom. The fourth-order valence-electron chi connectivity index (χ4n) is 1.56. The zero-order chi connectivity index (χ0) is 16.8. The SMILES string of the molecule is COC(=O)c1ccc2c(c1)CNCCO2.O=C(O)C(F)(F)F. The molecule has 1 aromatic rings. The number of hydrogen-bond donors (Lipinski definition) is 2. The van der Waals surface area contributed by atoms with E-state index in [1.807, 2.05) is 6.07 Å². The van der Waals surface area contributed by atoms with E-state index < -0.39 is 12.1 Å². The molecule has 2 rings (SSSR count). The van der Waals surface area contributed by atoms with Crippen molar-refractivity contribution in [2.24, 2.45) is 0 Å². The first-order chi connectivity index (χ1) is 10.3. The molecule has 6 nitrogen and oxygen atoms in total. The molecule has 0 unspecified atom stereocenters. The third kappa shape index (κ3) is 5.24. The van der Waals surface area contributed by atoms with Gasteiger partial charge in [-0.25, -0.2) is 9.59 Å². The zero-order valence-electron chi connectivity index (χ0n) is 11.6. The molecule has 9 heteroatoms. The summed E-state index contributed by atoms with van der Waals surface area (Å²) in [5, 5.41) is 10.3. The minimum absolute atomic E-state index is 0.318. The van der Waals surface area contributed by atoms with Gasteiger partial charge in [-0.1, -0.05) is 0 Å². The summed E-state index contributed by atoms with van der Waals surface area (Å²) in [6, 6.07) is 5.34. The standard InChI is InChI=1S/C11H13NO3.C2HF3O2/c1-14-11(13)8-2-3-10-9(6-8)7-12-4-5-15-10;3-2(4,5)1(6)7/h2-3,6,12H,4-5,7H2,1H3;(H,6,7). The molecule has 0 bridgehead atoms. The molecule has 0 fully saturated rings. The van der Waals surface area contributed by atoms with Crippen molar-refractivity contribution in [2.75, 3.05) is 20.3 Å². The first-order valence-corrected chi connectivity index (χ1v) is 6.10. The number of carboxylic acids is 1. The first kappa shape index (κ1) is 17.8. The summed E-state index contributed by atoms with van der Waals surface area (Å²) in [6.45, 7) is 2.20. The Labute approximate surface area is 123 Å². The molecular formula is C13H14F3NO5. The Balaban J connectivity index is 0.000000295. The number of benzene rings is 1. The maximum Gasteiger partial charge on any atom is 0.490 e. The Bertz CT molecular complexity index is 545. The molecule has 0 atom stereocenters. The van der Waals surface area contributed by atoms with Gasteiger partial charge in [0.1, 0.15) is 12.4 Å². The lowest BCUT2D eigenvalue weighted by molar-refractivity contribution is -0.192. The lowest BCUT2D eigenvalue weighted by Gasteiger charge is -2.07. The molecule has 1 heterocycles. The van der Waals surface area contributed by atoms with Crippen LogP contribution in [0, 0.1) is 0 Å². The van der Waals surface area contributed by atoms with Crippen LogP contribution in [-0.2, 0) is 16.1 Å². The molecular weight excluding hydrogens is 307 g/mol. The monoisotopic (exact) mass is 321 g/mol. The smallest absolute Gasteiger partial charge is 0.490 e. The highest BCUT2D eigenvalue weighted by Crippen LogP contribution is 2.21. The lowest BCUT2D eigenvalue weighted by atomic mass is 10.1. The van der Waals surface area contributed by atoms with Crippen LogP contribution >= 0.6 is 0 Å². The van der Waals surface area contributed by atoms with Crippen LogP contribution in [0.5, 0.6) is 5.75 Å². The molecule has 0 saturated carbocycles. The van der Waals surface area contributed by atoms with Crippen LogP contribution in [0.1, 0.15) is 15.9 Å². The Kier molecular flexibility index (Phi) is 6.17. The molecule has 1 aromatic carbocycles. The quantitative estimate of drug-likeness (QED) is 0.764. The second-order valence-corrected chi connectivity index (χ2v) is 4.14. The Morgan fingerprint density at radius 1 is 1.36 bits per heavy atom. The van der Waals surface area contributed by atoms with E-state index in [-0.39, 0.29) is 5.97 Å². The lowest BCUT2D eigenvalue weighted by Crippen LogP contribution is -2.21. The summed E-state index contributed by atoms with van der Waals surface area (Å²) < 4.78 is 41.9. The van der Waals surface area contributed by atoms with E-state index in [9.17, 15) is 18.0 Å². The molecule has 0 radical (unpaired) electrons. The second kappa shape index (κ2) is 7.64. The van der Waals surface area contributed by atoms with E-state index in [4.69, 9.17) is 14.6 Å². The summed E-state index contributed by atoms with van der Waals surface area (Å²) in [5.74, 6) is -2.23. The van der Waals surface area contributed by atoms with Gasteiger partial charge in [0, 0.05) is 18.7 Å². The number of fused-ring (bicyclic) bond motifs is 1. The first-order valence-electron chi connectivity index (χ1n) is 6.10. The van der Waals surface area contributed by atoms with Crippen LogP contribution in [0.25, 0.3) is 0 Å². The van der Waals surface area contributed by atoms with Crippen LogP contribution in [0.15, 0.2) is 18.2 Å². The number of carboxylic acid groups (broad SMARTS) is 1. The predicted octanol–water partition coefficient (Wildman–Crippen LogP) is 1.59. The van der Waals surface area contributed by atoms with Crippen LogP contribution in [0.3, 0.4) is 0 Å². The Hall–Kier alpha value is -2.29. The van der Waals surface area contributed by atoms with Gasteiger partial charge >= 0.3 is 18.1 Å². The minimum atomic E-state index is -5.08. The molecule has 0 spiro atoms. The maximum atomic E-state index is 11.3. The van der Waals surface area contributed by atoms with Gasteiger partial charge in [0.05, 0.1) is 12.7 Å². The van der Waals surface area contributed by atoms with Gasteiger partial charge in [0.25, 0.3) is 0 Å². The van der Waals surface area contributed by atoms with Crippen LogP contribution < -0.4 is 10.1 Å². The maximum absolute atomic E-state index is 11.3. The second-order valence-electron chi connectivity index (χ2n) is 4.14. The molecule has 0 aliphatic carbocycles. The van der Waals surface area contributed by atoms with E-state index in [0.717, 1.165) is 24.4 Å². The highest BCUT2D eigenvalue weighted by molar-refractivity contribution is 5.89. The molecule has 122 valence electrons. The number of methoxy groups -OCH3 is 1. The fourth-order valence-corrected chi connectivity index (χ4v) is 1.56. The topological polar surface area (TPSA) is 84.9 Å².